The molecule has 1 amide bonds. The Labute approximate surface area is 114 Å². The lowest BCUT2D eigenvalue weighted by molar-refractivity contribution is -0.124. The molecule has 1 unspecified atom stereocenters. The van der Waals surface area contributed by atoms with E-state index in [1.165, 1.54) is 12.1 Å². The molecule has 106 valence electrons. The van der Waals surface area contributed by atoms with E-state index >= 15 is 0 Å². The molecule has 0 spiro atoms. The van der Waals surface area contributed by atoms with Crippen molar-refractivity contribution in [3.63, 3.8) is 0 Å². The van der Waals surface area contributed by atoms with Gasteiger partial charge in [-0.15, -0.1) is 0 Å². The molecular formula is C15H23FN2O. The molecule has 0 aliphatic carbocycles. The number of amides is 1. The molecule has 0 bridgehead atoms. The zero-order valence-electron chi connectivity index (χ0n) is 11.7. The normalized spacial score (nSPS) is 12.2. The first-order valence-electron chi connectivity index (χ1n) is 6.81. The molecule has 0 fully saturated rings. The lowest BCUT2D eigenvalue weighted by atomic mass is 10.0. The van der Waals surface area contributed by atoms with E-state index < -0.39 is 0 Å². The van der Waals surface area contributed by atoms with Crippen LogP contribution in [0.5, 0.6) is 0 Å². The van der Waals surface area contributed by atoms with E-state index in [1.807, 2.05) is 13.8 Å². The summed E-state index contributed by atoms with van der Waals surface area (Å²) in [7, 11) is 0. The van der Waals surface area contributed by atoms with Crippen molar-refractivity contribution in [3.8, 4) is 0 Å². The van der Waals surface area contributed by atoms with Crippen LogP contribution in [0.25, 0.3) is 0 Å². The van der Waals surface area contributed by atoms with Crippen LogP contribution in [0.15, 0.2) is 18.2 Å². The van der Waals surface area contributed by atoms with Crippen molar-refractivity contribution >= 4 is 5.91 Å². The van der Waals surface area contributed by atoms with E-state index in [0.717, 1.165) is 24.0 Å². The number of halogens is 1. The lowest BCUT2D eigenvalue weighted by Gasteiger charge is -2.14. The molecule has 0 aromatic heterocycles. The van der Waals surface area contributed by atoms with Crippen LogP contribution < -0.4 is 11.1 Å². The highest BCUT2D eigenvalue weighted by atomic mass is 19.1. The number of nitrogens with two attached hydrogens (primary N) is 1. The van der Waals surface area contributed by atoms with Crippen LogP contribution in [0.2, 0.25) is 0 Å². The molecule has 0 heterocycles. The Hall–Kier alpha value is -1.42. The van der Waals surface area contributed by atoms with E-state index in [-0.39, 0.29) is 17.6 Å². The Morgan fingerprint density at radius 3 is 2.79 bits per heavy atom. The third kappa shape index (κ3) is 4.99. The Kier molecular flexibility index (Phi) is 6.50. The summed E-state index contributed by atoms with van der Waals surface area (Å²) in [5.41, 5.74) is 7.55. The number of benzene rings is 1. The molecule has 19 heavy (non-hydrogen) atoms. The highest BCUT2D eigenvalue weighted by molar-refractivity contribution is 5.78. The standard InChI is InChI=1S/C15H23FN2O/c1-3-4-13(10-17)15(19)18-8-7-12-5-6-14(16)9-11(12)2/h5-6,9,13H,3-4,7-8,10,17H2,1-2H3,(H,18,19). The minimum Gasteiger partial charge on any atom is -0.355 e. The van der Waals surface area contributed by atoms with Crippen molar-refractivity contribution in [1.82, 2.24) is 5.32 Å². The van der Waals surface area contributed by atoms with Gasteiger partial charge in [0.1, 0.15) is 5.82 Å². The smallest absolute Gasteiger partial charge is 0.224 e. The van der Waals surface area contributed by atoms with Gasteiger partial charge in [-0.3, -0.25) is 4.79 Å². The maximum atomic E-state index is 13.0. The van der Waals surface area contributed by atoms with Crippen LogP contribution in [0, 0.1) is 18.7 Å². The van der Waals surface area contributed by atoms with E-state index in [0.29, 0.717) is 19.5 Å². The summed E-state index contributed by atoms with van der Waals surface area (Å²) in [6, 6.07) is 4.73. The summed E-state index contributed by atoms with van der Waals surface area (Å²) in [4.78, 5) is 11.8. The molecule has 0 aliphatic rings. The van der Waals surface area contributed by atoms with E-state index in [9.17, 15) is 9.18 Å². The van der Waals surface area contributed by atoms with Crippen LogP contribution in [-0.4, -0.2) is 19.0 Å². The molecular weight excluding hydrogens is 243 g/mol. The fourth-order valence-electron chi connectivity index (χ4n) is 2.11. The summed E-state index contributed by atoms with van der Waals surface area (Å²) in [5, 5.41) is 2.90. The second-order valence-electron chi connectivity index (χ2n) is 4.83. The van der Waals surface area contributed by atoms with Crippen molar-refractivity contribution in [2.75, 3.05) is 13.1 Å². The van der Waals surface area contributed by atoms with Crippen molar-refractivity contribution in [2.45, 2.75) is 33.1 Å². The summed E-state index contributed by atoms with van der Waals surface area (Å²) >= 11 is 0. The molecule has 1 rings (SSSR count). The Morgan fingerprint density at radius 1 is 1.47 bits per heavy atom. The highest BCUT2D eigenvalue weighted by Crippen LogP contribution is 2.10. The third-order valence-corrected chi connectivity index (χ3v) is 3.29. The first kappa shape index (κ1) is 15.6. The quantitative estimate of drug-likeness (QED) is 0.794. The molecule has 1 aromatic rings. The monoisotopic (exact) mass is 266 g/mol. The summed E-state index contributed by atoms with van der Waals surface area (Å²) in [6.07, 6.45) is 2.48. The third-order valence-electron chi connectivity index (χ3n) is 3.29. The van der Waals surface area contributed by atoms with Crippen LogP contribution in [0.1, 0.15) is 30.9 Å². The topological polar surface area (TPSA) is 55.1 Å². The van der Waals surface area contributed by atoms with E-state index in [1.54, 1.807) is 6.07 Å². The van der Waals surface area contributed by atoms with E-state index in [2.05, 4.69) is 5.32 Å². The van der Waals surface area contributed by atoms with Gasteiger partial charge in [0.2, 0.25) is 5.91 Å². The van der Waals surface area contributed by atoms with Crippen molar-refractivity contribution in [2.24, 2.45) is 11.7 Å². The summed E-state index contributed by atoms with van der Waals surface area (Å²) in [6.45, 7) is 4.86. The van der Waals surface area contributed by atoms with Gasteiger partial charge in [0.05, 0.1) is 5.92 Å². The number of carbonyl (C=O) groups is 1. The average molecular weight is 266 g/mol. The number of hydrogen-bond acceptors (Lipinski definition) is 2. The second-order valence-corrected chi connectivity index (χ2v) is 4.83. The lowest BCUT2D eigenvalue weighted by Crippen LogP contribution is -2.36. The van der Waals surface area contributed by atoms with Gasteiger partial charge in [0.25, 0.3) is 0 Å². The number of hydrogen-bond donors (Lipinski definition) is 2. The molecule has 4 heteroatoms. The van der Waals surface area contributed by atoms with Gasteiger partial charge in [0.15, 0.2) is 0 Å². The molecule has 3 N–H and O–H groups in total. The molecule has 0 saturated heterocycles. The van der Waals surface area contributed by atoms with Gasteiger partial charge in [-0.05, 0) is 43.0 Å². The average Bonchev–Trinajstić information content (AvgIpc) is 2.38. The SMILES string of the molecule is CCCC(CN)C(=O)NCCc1ccc(F)cc1C. The van der Waals surface area contributed by atoms with Gasteiger partial charge in [-0.25, -0.2) is 4.39 Å². The van der Waals surface area contributed by atoms with Crippen molar-refractivity contribution in [3.05, 3.63) is 35.1 Å². The summed E-state index contributed by atoms with van der Waals surface area (Å²) < 4.78 is 13.0. The molecule has 1 aromatic carbocycles. The second kappa shape index (κ2) is 7.89. The van der Waals surface area contributed by atoms with Crippen LogP contribution >= 0.6 is 0 Å². The number of rotatable bonds is 7. The zero-order valence-corrected chi connectivity index (χ0v) is 11.7. The fourth-order valence-corrected chi connectivity index (χ4v) is 2.11. The minimum atomic E-state index is -0.226. The number of aryl methyl sites for hydroxylation is 1. The fraction of sp³-hybridized carbons (Fsp3) is 0.533. The molecule has 0 radical (unpaired) electrons. The zero-order chi connectivity index (χ0) is 14.3. The van der Waals surface area contributed by atoms with E-state index in [4.69, 9.17) is 5.73 Å². The maximum Gasteiger partial charge on any atom is 0.224 e. The Balaban J connectivity index is 2.43. The highest BCUT2D eigenvalue weighted by Gasteiger charge is 2.14. The largest absolute Gasteiger partial charge is 0.355 e. The molecule has 1 atom stereocenters. The molecule has 0 aliphatic heterocycles. The Morgan fingerprint density at radius 2 is 2.21 bits per heavy atom. The molecule has 0 saturated carbocycles. The van der Waals surface area contributed by atoms with Crippen molar-refractivity contribution in [1.29, 1.82) is 0 Å². The van der Waals surface area contributed by atoms with Gasteiger partial charge in [-0.2, -0.15) is 0 Å². The van der Waals surface area contributed by atoms with Crippen LogP contribution in [0.4, 0.5) is 4.39 Å². The molecule has 3 nitrogen and oxygen atoms in total. The Bertz CT molecular complexity index is 421. The minimum absolute atomic E-state index is 0.0177. The van der Waals surface area contributed by atoms with Gasteiger partial charge in [0, 0.05) is 13.1 Å². The maximum absolute atomic E-state index is 13.0. The van der Waals surface area contributed by atoms with Gasteiger partial charge >= 0.3 is 0 Å². The number of carbonyl (C=O) groups excluding carboxylic acids is 1. The number of nitrogens with one attached hydrogen (secondary N) is 1. The predicted molar refractivity (Wildman–Crippen MR) is 75.3 cm³/mol. The van der Waals surface area contributed by atoms with Crippen LogP contribution in [0.3, 0.4) is 0 Å². The van der Waals surface area contributed by atoms with Gasteiger partial charge in [-0.1, -0.05) is 19.4 Å². The van der Waals surface area contributed by atoms with Gasteiger partial charge < -0.3 is 11.1 Å². The van der Waals surface area contributed by atoms with Crippen LogP contribution in [-0.2, 0) is 11.2 Å². The van der Waals surface area contributed by atoms with Crippen molar-refractivity contribution < 1.29 is 9.18 Å². The first-order valence-corrected chi connectivity index (χ1v) is 6.81. The summed E-state index contributed by atoms with van der Waals surface area (Å²) in [5.74, 6) is -0.306. The first-order chi connectivity index (χ1) is 9.08. The predicted octanol–water partition coefficient (Wildman–Crippen LogP) is 2.17.